The molecular formula is C12H10FN3. The number of rotatable bonds is 1. The first-order valence-electron chi connectivity index (χ1n) is 4.83. The molecule has 16 heavy (non-hydrogen) atoms. The zero-order valence-electron chi connectivity index (χ0n) is 9.03. The molecule has 2 aromatic rings. The first kappa shape index (κ1) is 10.4. The Morgan fingerprint density at radius 3 is 2.69 bits per heavy atom. The molecule has 1 heterocycles. The fourth-order valence-corrected chi connectivity index (χ4v) is 1.58. The van der Waals surface area contributed by atoms with Crippen LogP contribution in [0.3, 0.4) is 0 Å². The van der Waals surface area contributed by atoms with Crippen molar-refractivity contribution in [1.29, 1.82) is 5.26 Å². The number of aromatic nitrogens is 2. The van der Waals surface area contributed by atoms with Gasteiger partial charge in [0.1, 0.15) is 29.1 Å². The predicted molar refractivity (Wildman–Crippen MR) is 58.1 cm³/mol. The third-order valence-electron chi connectivity index (χ3n) is 2.55. The average molecular weight is 215 g/mol. The highest BCUT2D eigenvalue weighted by Gasteiger charge is 2.16. The molecule has 0 amide bonds. The number of nitrogens with zero attached hydrogens (tertiary/aromatic N) is 3. The summed E-state index contributed by atoms with van der Waals surface area (Å²) >= 11 is 0. The van der Waals surface area contributed by atoms with Gasteiger partial charge in [0.25, 0.3) is 0 Å². The van der Waals surface area contributed by atoms with Crippen LogP contribution >= 0.6 is 0 Å². The van der Waals surface area contributed by atoms with E-state index in [-0.39, 0.29) is 5.82 Å². The number of hydrogen-bond donors (Lipinski definition) is 0. The molecule has 80 valence electrons. The molecule has 0 spiro atoms. The fourth-order valence-electron chi connectivity index (χ4n) is 1.58. The molecule has 0 aliphatic heterocycles. The molecule has 0 saturated carbocycles. The van der Waals surface area contributed by atoms with Crippen molar-refractivity contribution in [3.05, 3.63) is 41.6 Å². The van der Waals surface area contributed by atoms with E-state index in [9.17, 15) is 4.39 Å². The molecule has 0 atom stereocenters. The Bertz CT molecular complexity index is 578. The van der Waals surface area contributed by atoms with Gasteiger partial charge in [-0.05, 0) is 19.1 Å². The van der Waals surface area contributed by atoms with Gasteiger partial charge in [-0.15, -0.1) is 0 Å². The lowest BCUT2D eigenvalue weighted by atomic mass is 10.1. The van der Waals surface area contributed by atoms with Gasteiger partial charge < -0.3 is 4.57 Å². The Labute approximate surface area is 92.8 Å². The van der Waals surface area contributed by atoms with Crippen LogP contribution in [0.4, 0.5) is 4.39 Å². The number of hydrogen-bond acceptors (Lipinski definition) is 2. The van der Waals surface area contributed by atoms with E-state index in [2.05, 4.69) is 4.98 Å². The summed E-state index contributed by atoms with van der Waals surface area (Å²) in [5.74, 6) is 0.326. The van der Waals surface area contributed by atoms with Crippen LogP contribution in [0.2, 0.25) is 0 Å². The van der Waals surface area contributed by atoms with Crippen molar-refractivity contribution in [3.63, 3.8) is 0 Å². The maximum absolute atomic E-state index is 13.6. The van der Waals surface area contributed by atoms with Gasteiger partial charge in [-0.3, -0.25) is 0 Å². The second-order valence-electron chi connectivity index (χ2n) is 3.51. The monoisotopic (exact) mass is 215 g/mol. The van der Waals surface area contributed by atoms with Crippen molar-refractivity contribution < 1.29 is 4.39 Å². The summed E-state index contributed by atoms with van der Waals surface area (Å²) in [4.78, 5) is 4.21. The maximum atomic E-state index is 13.6. The van der Waals surface area contributed by atoms with Crippen LogP contribution in [-0.2, 0) is 7.05 Å². The molecule has 1 aromatic carbocycles. The zero-order valence-corrected chi connectivity index (χ0v) is 9.03. The Balaban J connectivity index is 2.71. The van der Waals surface area contributed by atoms with Gasteiger partial charge >= 0.3 is 0 Å². The van der Waals surface area contributed by atoms with Crippen molar-refractivity contribution in [2.24, 2.45) is 7.05 Å². The smallest absolute Gasteiger partial charge is 0.148 e. The molecule has 1 aromatic heterocycles. The van der Waals surface area contributed by atoms with Crippen LogP contribution < -0.4 is 0 Å². The zero-order chi connectivity index (χ0) is 11.7. The second-order valence-corrected chi connectivity index (χ2v) is 3.51. The molecule has 2 rings (SSSR count). The minimum absolute atomic E-state index is 0.364. The molecule has 0 radical (unpaired) electrons. The largest absolute Gasteiger partial charge is 0.323 e. The molecule has 0 N–H and O–H groups in total. The maximum Gasteiger partial charge on any atom is 0.148 e. The lowest BCUT2D eigenvalue weighted by Crippen LogP contribution is -1.94. The van der Waals surface area contributed by atoms with Gasteiger partial charge in [-0.2, -0.15) is 5.26 Å². The summed E-state index contributed by atoms with van der Waals surface area (Å²) in [7, 11) is 1.74. The summed E-state index contributed by atoms with van der Waals surface area (Å²) in [6.45, 7) is 1.78. The van der Waals surface area contributed by atoms with E-state index < -0.39 is 0 Å². The standard InChI is InChI=1S/C12H10FN3/c1-8-15-12(11(7-14)16(8)2)9-5-3-4-6-10(9)13/h3-6H,1-2H3. The van der Waals surface area contributed by atoms with Crippen molar-refractivity contribution in [2.45, 2.75) is 6.92 Å². The van der Waals surface area contributed by atoms with Gasteiger partial charge in [0, 0.05) is 12.6 Å². The van der Waals surface area contributed by atoms with E-state index in [0.29, 0.717) is 22.8 Å². The SMILES string of the molecule is Cc1nc(-c2ccccc2F)c(C#N)n1C. The van der Waals surface area contributed by atoms with E-state index in [1.165, 1.54) is 6.07 Å². The molecule has 0 fully saturated rings. The topological polar surface area (TPSA) is 41.6 Å². The summed E-state index contributed by atoms with van der Waals surface area (Å²) in [5.41, 5.74) is 1.14. The molecule has 0 aliphatic carbocycles. The molecule has 0 unspecified atom stereocenters. The van der Waals surface area contributed by atoms with Crippen molar-refractivity contribution in [3.8, 4) is 17.3 Å². The van der Waals surface area contributed by atoms with E-state index in [1.807, 2.05) is 6.07 Å². The molecule has 0 bridgehead atoms. The van der Waals surface area contributed by atoms with Crippen LogP contribution in [0.15, 0.2) is 24.3 Å². The summed E-state index contributed by atoms with van der Waals surface area (Å²) in [6.07, 6.45) is 0. The van der Waals surface area contributed by atoms with Crippen molar-refractivity contribution in [1.82, 2.24) is 9.55 Å². The van der Waals surface area contributed by atoms with E-state index >= 15 is 0 Å². The molecule has 0 saturated heterocycles. The van der Waals surface area contributed by atoms with Crippen LogP contribution in [-0.4, -0.2) is 9.55 Å². The summed E-state index contributed by atoms with van der Waals surface area (Å²) in [5, 5.41) is 9.03. The first-order valence-corrected chi connectivity index (χ1v) is 4.83. The Morgan fingerprint density at radius 1 is 1.38 bits per heavy atom. The summed E-state index contributed by atoms with van der Waals surface area (Å²) in [6, 6.07) is 8.37. The van der Waals surface area contributed by atoms with Gasteiger partial charge in [0.15, 0.2) is 0 Å². The van der Waals surface area contributed by atoms with Crippen molar-refractivity contribution in [2.75, 3.05) is 0 Å². The fraction of sp³-hybridized carbons (Fsp3) is 0.167. The van der Waals surface area contributed by atoms with Crippen LogP contribution in [0.1, 0.15) is 11.5 Å². The number of halogens is 1. The lowest BCUT2D eigenvalue weighted by molar-refractivity contribution is 0.631. The van der Waals surface area contributed by atoms with Gasteiger partial charge in [0.2, 0.25) is 0 Å². The molecular weight excluding hydrogens is 205 g/mol. The highest BCUT2D eigenvalue weighted by molar-refractivity contribution is 5.66. The van der Waals surface area contributed by atoms with E-state index in [0.717, 1.165) is 0 Å². The Morgan fingerprint density at radius 2 is 2.06 bits per heavy atom. The highest BCUT2D eigenvalue weighted by Crippen LogP contribution is 2.25. The summed E-state index contributed by atoms with van der Waals surface area (Å²) < 4.78 is 15.2. The minimum Gasteiger partial charge on any atom is -0.323 e. The second kappa shape index (κ2) is 3.78. The van der Waals surface area contributed by atoms with Crippen LogP contribution in [0.25, 0.3) is 11.3 Å². The number of nitriles is 1. The quantitative estimate of drug-likeness (QED) is 0.733. The Kier molecular flexibility index (Phi) is 2.45. The van der Waals surface area contributed by atoms with E-state index in [1.54, 1.807) is 36.7 Å². The van der Waals surface area contributed by atoms with Crippen molar-refractivity contribution >= 4 is 0 Å². The molecule has 3 nitrogen and oxygen atoms in total. The predicted octanol–water partition coefficient (Wildman–Crippen LogP) is 2.41. The number of imidazole rings is 1. The average Bonchev–Trinajstić information content (AvgIpc) is 2.56. The highest BCUT2D eigenvalue weighted by atomic mass is 19.1. The third kappa shape index (κ3) is 1.47. The van der Waals surface area contributed by atoms with Gasteiger partial charge in [-0.25, -0.2) is 9.37 Å². The number of aryl methyl sites for hydroxylation is 1. The first-order chi connectivity index (χ1) is 7.65. The molecule has 0 aliphatic rings. The lowest BCUT2D eigenvalue weighted by Gasteiger charge is -1.99. The normalized spacial score (nSPS) is 10.1. The van der Waals surface area contributed by atoms with E-state index in [4.69, 9.17) is 5.26 Å². The van der Waals surface area contributed by atoms with Crippen LogP contribution in [0.5, 0.6) is 0 Å². The minimum atomic E-state index is -0.364. The van der Waals surface area contributed by atoms with Gasteiger partial charge in [-0.1, -0.05) is 12.1 Å². The Hall–Kier alpha value is -2.15. The van der Waals surface area contributed by atoms with Crippen LogP contribution in [0, 0.1) is 24.1 Å². The third-order valence-corrected chi connectivity index (χ3v) is 2.55. The number of benzene rings is 1. The molecule has 4 heteroatoms. The van der Waals surface area contributed by atoms with Gasteiger partial charge in [0.05, 0.1) is 0 Å².